The number of nitrogens with zero attached hydrogens (tertiary/aromatic N) is 3. The number of carbonyl (C=O) groups excluding carboxylic acids is 3. The molecule has 5 rings (SSSR count). The lowest BCUT2D eigenvalue weighted by atomic mass is 9.69. The highest BCUT2D eigenvalue weighted by Crippen LogP contribution is 2.52. The number of phenolic OH excluding ortho intramolecular Hbond substituents is 1. The molecule has 8 heteroatoms. The lowest BCUT2D eigenvalue weighted by Crippen LogP contribution is -2.71. The first-order valence-electron chi connectivity index (χ1n) is 12.4. The minimum absolute atomic E-state index is 0.128. The molecule has 0 aromatic heterocycles. The Labute approximate surface area is 211 Å². The van der Waals surface area contributed by atoms with Crippen molar-refractivity contribution in [3.63, 3.8) is 0 Å². The van der Waals surface area contributed by atoms with Crippen LogP contribution in [0.15, 0.2) is 28.4 Å². The van der Waals surface area contributed by atoms with Crippen molar-refractivity contribution in [2.45, 2.75) is 77.7 Å². The fourth-order valence-corrected chi connectivity index (χ4v) is 6.82. The summed E-state index contributed by atoms with van der Waals surface area (Å²) >= 11 is 0. The fraction of sp³-hybridized carbons (Fsp3) is 0.500. The first kappa shape index (κ1) is 24.4. The number of rotatable bonds is 2. The van der Waals surface area contributed by atoms with Crippen LogP contribution in [-0.2, 0) is 20.8 Å². The van der Waals surface area contributed by atoms with Crippen LogP contribution in [0.5, 0.6) is 5.75 Å². The Morgan fingerprint density at radius 1 is 1.14 bits per heavy atom. The molecule has 1 saturated heterocycles. The fourth-order valence-electron chi connectivity index (χ4n) is 6.82. The number of nitriles is 1. The predicted octanol–water partition coefficient (Wildman–Crippen LogP) is 2.18. The number of piperazine rings is 1. The lowest BCUT2D eigenvalue weighted by molar-refractivity contribution is -0.122. The summed E-state index contributed by atoms with van der Waals surface area (Å²) in [6.45, 7) is 8.77. The topological polar surface area (TPSA) is 114 Å². The number of benzene rings is 1. The third-order valence-electron chi connectivity index (χ3n) is 8.93. The van der Waals surface area contributed by atoms with Gasteiger partial charge in [0.25, 0.3) is 0 Å². The number of hydrogen-bond donors (Lipinski definition) is 2. The number of Topliss-reactive ketones (excluding diaryl/α,β-unsaturated/α-hetero) is 2. The van der Waals surface area contributed by atoms with Gasteiger partial charge in [-0.3, -0.25) is 24.2 Å². The summed E-state index contributed by atoms with van der Waals surface area (Å²) in [5.41, 5.74) is 5.42. The molecule has 2 bridgehead atoms. The molecule has 188 valence electrons. The van der Waals surface area contributed by atoms with E-state index in [1.807, 2.05) is 20.9 Å². The van der Waals surface area contributed by atoms with E-state index in [1.165, 1.54) is 6.92 Å². The molecule has 8 nitrogen and oxygen atoms in total. The molecule has 0 radical (unpaired) electrons. The number of ketones is 2. The van der Waals surface area contributed by atoms with Gasteiger partial charge < -0.3 is 10.4 Å². The smallest absolute Gasteiger partial charge is 0.216 e. The van der Waals surface area contributed by atoms with Gasteiger partial charge in [0.05, 0.1) is 18.2 Å². The molecule has 3 aliphatic heterocycles. The summed E-state index contributed by atoms with van der Waals surface area (Å²) in [5, 5.41) is 24.6. The van der Waals surface area contributed by atoms with Crippen molar-refractivity contribution in [2.24, 2.45) is 0 Å². The van der Waals surface area contributed by atoms with Crippen LogP contribution >= 0.6 is 0 Å². The zero-order valence-electron chi connectivity index (χ0n) is 21.6. The van der Waals surface area contributed by atoms with Crippen LogP contribution in [0.3, 0.4) is 0 Å². The Morgan fingerprint density at radius 3 is 2.44 bits per heavy atom. The first-order chi connectivity index (χ1) is 17.0. The number of likely N-dealkylation sites (N-methyl/N-ethyl adjacent to an activating group) is 1. The molecular weight excluding hydrogens is 456 g/mol. The van der Waals surface area contributed by atoms with Crippen LogP contribution in [0.25, 0.3) is 0 Å². The van der Waals surface area contributed by atoms with Gasteiger partial charge in [-0.1, -0.05) is 6.07 Å². The molecule has 4 aliphatic rings. The normalized spacial score (nSPS) is 30.0. The van der Waals surface area contributed by atoms with E-state index >= 15 is 0 Å². The minimum atomic E-state index is -0.610. The third-order valence-corrected chi connectivity index (χ3v) is 8.93. The molecule has 0 saturated carbocycles. The predicted molar refractivity (Wildman–Crippen MR) is 133 cm³/mol. The van der Waals surface area contributed by atoms with Gasteiger partial charge in [-0.15, -0.1) is 0 Å². The monoisotopic (exact) mass is 488 g/mol. The Morgan fingerprint density at radius 2 is 1.81 bits per heavy atom. The highest BCUT2D eigenvalue weighted by molar-refractivity contribution is 6.25. The van der Waals surface area contributed by atoms with Gasteiger partial charge in [-0.2, -0.15) is 5.26 Å². The highest BCUT2D eigenvalue weighted by Gasteiger charge is 2.57. The summed E-state index contributed by atoms with van der Waals surface area (Å²) < 4.78 is 0. The van der Waals surface area contributed by atoms with Gasteiger partial charge in [0.1, 0.15) is 11.8 Å². The number of allylic oxidation sites excluding steroid dienone is 2. The van der Waals surface area contributed by atoms with Crippen molar-refractivity contribution in [1.82, 2.24) is 15.1 Å². The quantitative estimate of drug-likeness (QED) is 0.614. The van der Waals surface area contributed by atoms with Crippen molar-refractivity contribution >= 4 is 17.5 Å². The zero-order valence-corrected chi connectivity index (χ0v) is 21.6. The zero-order chi connectivity index (χ0) is 26.2. The molecule has 36 heavy (non-hydrogen) atoms. The summed E-state index contributed by atoms with van der Waals surface area (Å²) in [6, 6.07) is 2.67. The second-order valence-electron chi connectivity index (χ2n) is 10.7. The minimum Gasteiger partial charge on any atom is -0.507 e. The SMILES string of the molecule is CC(=O)NC[C@H]1C2=C(CC3[C@H]4c5c(cc(C)c(C)c5O)C[C@@H]([C@H](C#N)N31)N4C)C(=O)C(C)=C(C)C2=O. The number of amides is 1. The number of phenols is 1. The van der Waals surface area contributed by atoms with Crippen molar-refractivity contribution in [1.29, 1.82) is 5.26 Å². The molecule has 1 aliphatic carbocycles. The summed E-state index contributed by atoms with van der Waals surface area (Å²) in [4.78, 5) is 43.2. The van der Waals surface area contributed by atoms with E-state index in [9.17, 15) is 24.8 Å². The largest absolute Gasteiger partial charge is 0.507 e. The van der Waals surface area contributed by atoms with E-state index in [-0.39, 0.29) is 47.9 Å². The summed E-state index contributed by atoms with van der Waals surface area (Å²) in [7, 11) is 1.98. The molecule has 2 N–H and O–H groups in total. The Kier molecular flexibility index (Phi) is 5.69. The standard InChI is InChI=1S/C28H32N4O4/c1-12-7-17-8-19-21(10-29)32-20(25(31(19)6)23(17)27(35)13(12)2)9-18-24(22(32)11-30-16(5)33)28(36)15(4)14(3)26(18)34/h7,19-22,25,35H,8-9,11H2,1-6H3,(H,30,33)/t19-,20?,21-,22-,25-/m0/s1. The van der Waals surface area contributed by atoms with Gasteiger partial charge in [0, 0.05) is 53.4 Å². The molecular formula is C28H32N4O4. The number of aryl methyl sites for hydroxylation is 1. The maximum Gasteiger partial charge on any atom is 0.216 e. The van der Waals surface area contributed by atoms with Gasteiger partial charge in [0.2, 0.25) is 5.91 Å². The van der Waals surface area contributed by atoms with E-state index < -0.39 is 12.1 Å². The highest BCUT2D eigenvalue weighted by atomic mass is 16.3. The number of carbonyl (C=O) groups is 3. The van der Waals surface area contributed by atoms with Crippen molar-refractivity contribution in [3.05, 3.63) is 50.6 Å². The average Bonchev–Trinajstić information content (AvgIpc) is 2.83. The van der Waals surface area contributed by atoms with Crippen LogP contribution in [0.2, 0.25) is 0 Å². The maximum absolute atomic E-state index is 13.5. The van der Waals surface area contributed by atoms with Crippen molar-refractivity contribution in [2.75, 3.05) is 13.6 Å². The second-order valence-corrected chi connectivity index (χ2v) is 10.7. The van der Waals surface area contributed by atoms with E-state index in [2.05, 4.69) is 27.3 Å². The number of hydrogen-bond acceptors (Lipinski definition) is 7. The molecule has 1 unspecified atom stereocenters. The van der Waals surface area contributed by atoms with Crippen LogP contribution in [0.4, 0.5) is 0 Å². The second kappa shape index (κ2) is 8.39. The average molecular weight is 489 g/mol. The van der Waals surface area contributed by atoms with Gasteiger partial charge in [-0.25, -0.2) is 0 Å². The van der Waals surface area contributed by atoms with E-state index in [0.717, 1.165) is 22.3 Å². The molecule has 3 heterocycles. The van der Waals surface area contributed by atoms with Crippen LogP contribution in [-0.4, -0.2) is 70.1 Å². The van der Waals surface area contributed by atoms with Crippen LogP contribution in [0, 0.1) is 25.2 Å². The molecule has 1 fully saturated rings. The van der Waals surface area contributed by atoms with E-state index in [4.69, 9.17) is 0 Å². The van der Waals surface area contributed by atoms with Gasteiger partial charge in [0.15, 0.2) is 11.6 Å². The molecule has 1 aromatic rings. The first-order valence-corrected chi connectivity index (χ1v) is 12.4. The van der Waals surface area contributed by atoms with E-state index in [0.29, 0.717) is 35.1 Å². The summed E-state index contributed by atoms with van der Waals surface area (Å²) in [5.74, 6) is -0.319. The maximum atomic E-state index is 13.5. The molecule has 5 atom stereocenters. The Balaban J connectivity index is 1.74. The Bertz CT molecular complexity index is 1330. The number of fused-ring (bicyclic) bond motifs is 6. The van der Waals surface area contributed by atoms with Crippen molar-refractivity contribution < 1.29 is 19.5 Å². The molecule has 1 aromatic carbocycles. The van der Waals surface area contributed by atoms with Gasteiger partial charge >= 0.3 is 0 Å². The molecule has 0 spiro atoms. The number of nitrogens with one attached hydrogen (secondary N) is 1. The third kappa shape index (κ3) is 3.23. The number of aromatic hydroxyl groups is 1. The lowest BCUT2D eigenvalue weighted by Gasteiger charge is -2.60. The van der Waals surface area contributed by atoms with Crippen LogP contribution < -0.4 is 5.32 Å². The Hall–Kier alpha value is -3.28. The van der Waals surface area contributed by atoms with Crippen molar-refractivity contribution in [3.8, 4) is 11.8 Å². The van der Waals surface area contributed by atoms with Crippen LogP contribution in [0.1, 0.15) is 55.5 Å². The summed E-state index contributed by atoms with van der Waals surface area (Å²) in [6.07, 6.45) is 0.884. The van der Waals surface area contributed by atoms with Gasteiger partial charge in [-0.05, 0) is 64.3 Å². The van der Waals surface area contributed by atoms with E-state index in [1.54, 1.807) is 13.8 Å². The molecule has 1 amide bonds.